The molecule has 0 radical (unpaired) electrons. The number of halogens is 1. The number of nitrogens with zero attached hydrogens (tertiary/aromatic N) is 4. The molecule has 3 N–H and O–H groups in total. The number of hydrogen-bond donors (Lipinski definition) is 3. The Morgan fingerprint density at radius 3 is 2.68 bits per heavy atom. The van der Waals surface area contributed by atoms with Crippen LogP contribution in [0.1, 0.15) is 44.1 Å². The van der Waals surface area contributed by atoms with Crippen LogP contribution in [-0.4, -0.2) is 62.6 Å². The molecule has 44 heavy (non-hydrogen) atoms. The second-order valence-corrected chi connectivity index (χ2v) is 13.9. The third-order valence-corrected chi connectivity index (χ3v) is 9.70. The molecule has 3 aromatic heterocycles. The van der Waals surface area contributed by atoms with Crippen molar-refractivity contribution in [2.75, 3.05) is 24.5 Å². The molecule has 0 unspecified atom stereocenters. The van der Waals surface area contributed by atoms with E-state index in [9.17, 15) is 14.7 Å². The first-order valence-electron chi connectivity index (χ1n) is 14.8. The van der Waals surface area contributed by atoms with Crippen molar-refractivity contribution in [2.45, 2.75) is 65.3 Å². The summed E-state index contributed by atoms with van der Waals surface area (Å²) in [6.45, 7) is 8.79. The zero-order valence-corrected chi connectivity index (χ0v) is 26.7. The van der Waals surface area contributed by atoms with E-state index in [4.69, 9.17) is 21.5 Å². The lowest BCUT2D eigenvalue weighted by Gasteiger charge is -2.38. The summed E-state index contributed by atoms with van der Waals surface area (Å²) < 4.78 is 3.66. The average Bonchev–Trinajstić information content (AvgIpc) is 3.66. The van der Waals surface area contributed by atoms with Gasteiger partial charge in [0.05, 0.1) is 29.4 Å². The number of carbonyl (C=O) groups is 1. The summed E-state index contributed by atoms with van der Waals surface area (Å²) in [4.78, 5) is 42.5. The Kier molecular flexibility index (Phi) is 9.59. The van der Waals surface area contributed by atoms with Gasteiger partial charge in [-0.05, 0) is 61.1 Å². The number of anilines is 1. The first kappa shape index (κ1) is 31.9. The molecule has 2 aliphatic heterocycles. The minimum atomic E-state index is -0.731. The van der Waals surface area contributed by atoms with Crippen LogP contribution in [0.5, 0.6) is 0 Å². The van der Waals surface area contributed by atoms with Crippen LogP contribution >= 0.6 is 22.9 Å². The zero-order chi connectivity index (χ0) is 31.6. The van der Waals surface area contributed by atoms with Crippen molar-refractivity contribution in [3.8, 4) is 11.1 Å². The van der Waals surface area contributed by atoms with E-state index in [0.717, 1.165) is 70.1 Å². The minimum absolute atomic E-state index is 0.119. The molecular formula is C32H38ClN5O5S. The van der Waals surface area contributed by atoms with E-state index in [1.807, 2.05) is 39.1 Å². The van der Waals surface area contributed by atoms with Gasteiger partial charge in [-0.3, -0.25) is 23.7 Å². The summed E-state index contributed by atoms with van der Waals surface area (Å²) in [5.74, 6) is 0. The largest absolute Gasteiger partial charge is 0.483 e. The van der Waals surface area contributed by atoms with Gasteiger partial charge in [-0.15, -0.1) is 11.3 Å². The summed E-state index contributed by atoms with van der Waals surface area (Å²) >= 11 is 8.23. The molecular weight excluding hydrogens is 602 g/mol. The number of carboxylic acid groups (broad SMARTS) is 1. The first-order chi connectivity index (χ1) is 21.0. The van der Waals surface area contributed by atoms with E-state index in [-0.39, 0.29) is 25.1 Å². The third kappa shape index (κ3) is 6.61. The summed E-state index contributed by atoms with van der Waals surface area (Å²) in [7, 11) is 0. The second-order valence-electron chi connectivity index (χ2n) is 12.4. The Morgan fingerprint density at radius 2 is 1.98 bits per heavy atom. The Hall–Kier alpha value is -3.51. The van der Waals surface area contributed by atoms with Crippen LogP contribution < -0.4 is 21.5 Å². The molecule has 234 valence electrons. The number of hydrogen-bond acceptors (Lipinski definition) is 8. The van der Waals surface area contributed by atoms with Crippen LogP contribution in [0.25, 0.3) is 21.3 Å². The van der Waals surface area contributed by atoms with Gasteiger partial charge in [0.25, 0.3) is 12.0 Å². The molecule has 0 amide bonds. The summed E-state index contributed by atoms with van der Waals surface area (Å²) in [6.07, 6.45) is 5.78. The average molecular weight is 640 g/mol. The number of aliphatic hydroxyl groups excluding tert-OH is 1. The molecule has 2 aliphatic rings. The van der Waals surface area contributed by atoms with Gasteiger partial charge in [-0.2, -0.15) is 0 Å². The monoisotopic (exact) mass is 639 g/mol. The summed E-state index contributed by atoms with van der Waals surface area (Å²) in [5.41, 5.74) is 4.34. The number of nitrogens with one attached hydrogen (secondary N) is 1. The van der Waals surface area contributed by atoms with Crippen LogP contribution in [0.2, 0.25) is 5.02 Å². The summed E-state index contributed by atoms with van der Waals surface area (Å²) in [6, 6.07) is 10.0. The smallest absolute Gasteiger partial charge is 0.331 e. The van der Waals surface area contributed by atoms with Gasteiger partial charge in [0, 0.05) is 64.3 Å². The van der Waals surface area contributed by atoms with Crippen molar-refractivity contribution in [3.05, 3.63) is 79.0 Å². The number of pyridine rings is 1. The van der Waals surface area contributed by atoms with Crippen molar-refractivity contribution in [1.29, 1.82) is 0 Å². The molecule has 0 aliphatic carbocycles. The zero-order valence-electron chi connectivity index (χ0n) is 25.1. The minimum Gasteiger partial charge on any atom is -0.483 e. The normalized spacial score (nSPS) is 17.2. The van der Waals surface area contributed by atoms with Crippen LogP contribution in [0.15, 0.2) is 52.3 Å². The number of rotatable bonds is 6. The van der Waals surface area contributed by atoms with E-state index in [2.05, 4.69) is 27.3 Å². The molecule has 2 atom stereocenters. The van der Waals surface area contributed by atoms with Crippen LogP contribution in [0.3, 0.4) is 0 Å². The lowest BCUT2D eigenvalue weighted by molar-refractivity contribution is -0.122. The number of thiophene rings is 1. The van der Waals surface area contributed by atoms with Gasteiger partial charge in [0.15, 0.2) is 0 Å². The standard InChI is InChI=1S/C31H36ClN5O3S.CH2O2/c1-31(2,3)26(38)18-35-12-8-27(39)37(30(35)40)17-22-15-25-29(41-22)23(7-10-34-25)24-14-20(32)13-19-5-4-11-36(28(19)24)21-6-9-33-16-21;2-1-3/h7-8,10,12-15,21,26,33,38H,4-6,9,11,16-18H2,1-3H3;1H,(H,2,3)/t21-,26+;/m0./s1. The number of aliphatic hydroxyl groups is 1. The first-order valence-corrected chi connectivity index (χ1v) is 15.9. The molecule has 10 nitrogen and oxygen atoms in total. The van der Waals surface area contributed by atoms with Crippen LogP contribution in [0, 0.1) is 5.41 Å². The predicted molar refractivity (Wildman–Crippen MR) is 175 cm³/mol. The number of benzene rings is 1. The Bertz CT molecular complexity index is 1770. The van der Waals surface area contributed by atoms with Gasteiger partial charge in [0.1, 0.15) is 0 Å². The fraction of sp³-hybridized carbons (Fsp3) is 0.438. The van der Waals surface area contributed by atoms with Crippen molar-refractivity contribution < 1.29 is 15.0 Å². The van der Waals surface area contributed by atoms with Crippen molar-refractivity contribution in [3.63, 3.8) is 0 Å². The van der Waals surface area contributed by atoms with Crippen molar-refractivity contribution >= 4 is 45.3 Å². The lowest BCUT2D eigenvalue weighted by atomic mass is 9.89. The summed E-state index contributed by atoms with van der Waals surface area (Å²) in [5, 5.41) is 21.7. The maximum atomic E-state index is 13.3. The Morgan fingerprint density at radius 1 is 1.20 bits per heavy atom. The predicted octanol–water partition coefficient (Wildman–Crippen LogP) is 4.21. The van der Waals surface area contributed by atoms with Crippen molar-refractivity contribution in [1.82, 2.24) is 19.4 Å². The molecule has 4 aromatic rings. The molecule has 0 saturated carbocycles. The number of fused-ring (bicyclic) bond motifs is 2. The van der Waals surface area contributed by atoms with Gasteiger partial charge in [-0.1, -0.05) is 32.4 Å². The molecule has 1 aromatic carbocycles. The third-order valence-electron chi connectivity index (χ3n) is 8.34. The maximum absolute atomic E-state index is 13.3. The number of aryl methyl sites for hydroxylation is 1. The van der Waals surface area contributed by atoms with Gasteiger partial charge < -0.3 is 20.4 Å². The quantitative estimate of drug-likeness (QED) is 0.268. The van der Waals surface area contributed by atoms with Crippen molar-refractivity contribution in [2.24, 2.45) is 5.41 Å². The Labute approximate surface area is 264 Å². The van der Waals surface area contributed by atoms with E-state index in [0.29, 0.717) is 6.04 Å². The van der Waals surface area contributed by atoms with Gasteiger partial charge in [-0.25, -0.2) is 4.79 Å². The van der Waals surface area contributed by atoms with Gasteiger partial charge in [0.2, 0.25) is 0 Å². The SMILES string of the molecule is CC(C)(C)[C@H](O)Cn1ccc(=O)n(Cc2cc3nccc(-c4cc(Cl)cc5c4N([C@H]4CCNC4)CCC5)c3s2)c1=O.O=CO. The highest BCUT2D eigenvalue weighted by Gasteiger charge is 2.30. The highest BCUT2D eigenvalue weighted by atomic mass is 35.5. The van der Waals surface area contributed by atoms with E-state index in [1.165, 1.54) is 32.6 Å². The number of aromatic nitrogens is 3. The van der Waals surface area contributed by atoms with E-state index in [1.54, 1.807) is 11.3 Å². The lowest BCUT2D eigenvalue weighted by Crippen LogP contribution is -2.42. The van der Waals surface area contributed by atoms with E-state index < -0.39 is 17.2 Å². The Balaban J connectivity index is 0.00000123. The molecule has 0 bridgehead atoms. The highest BCUT2D eigenvalue weighted by Crippen LogP contribution is 2.44. The van der Waals surface area contributed by atoms with Crippen LogP contribution in [-0.2, 0) is 24.3 Å². The highest BCUT2D eigenvalue weighted by molar-refractivity contribution is 7.19. The second kappa shape index (κ2) is 13.2. The molecule has 1 fully saturated rings. The fourth-order valence-corrected chi connectivity index (χ4v) is 7.32. The topological polar surface area (TPSA) is 130 Å². The molecule has 12 heteroatoms. The molecule has 1 saturated heterocycles. The van der Waals surface area contributed by atoms with Crippen LogP contribution in [0.4, 0.5) is 5.69 Å². The molecule has 5 heterocycles. The molecule has 6 rings (SSSR count). The molecule has 0 spiro atoms. The fourth-order valence-electron chi connectivity index (χ4n) is 5.95. The van der Waals surface area contributed by atoms with E-state index >= 15 is 0 Å². The van der Waals surface area contributed by atoms with Gasteiger partial charge >= 0.3 is 5.69 Å². The maximum Gasteiger partial charge on any atom is 0.331 e.